The topological polar surface area (TPSA) is 111 Å². The van der Waals surface area contributed by atoms with E-state index >= 15 is 0 Å². The Morgan fingerprint density at radius 2 is 1.92 bits per heavy atom. The number of aromatic nitrogens is 3. The van der Waals surface area contributed by atoms with Crippen LogP contribution in [-0.2, 0) is 27.4 Å². The number of amides is 1. The number of carbonyl (C=O) groups is 1. The lowest BCUT2D eigenvalue weighted by atomic mass is 10.1. The summed E-state index contributed by atoms with van der Waals surface area (Å²) < 4.78 is 14.1. The molecule has 0 aliphatic carbocycles. The maximum Gasteiger partial charge on any atom is 0.234 e. The zero-order valence-corrected chi connectivity index (χ0v) is 21.9. The standard InChI is InChI=1S/C26H39N7O3/c1-5-35-17-21-30-23-24(19-8-6-7-9-20(19)29-25(23)27)33(21)18-26(2,3)36-15-10-28-22(34)16-32-13-11-31(4)12-14-32/h6-9H,5,10-18H2,1-4H3,(H2,27,29)(H,28,34). The largest absolute Gasteiger partial charge is 0.382 e. The highest BCUT2D eigenvalue weighted by Crippen LogP contribution is 2.30. The Labute approximate surface area is 212 Å². The fraction of sp³-hybridized carbons (Fsp3) is 0.577. The number of fused-ring (bicyclic) bond motifs is 3. The number of rotatable bonds is 11. The molecule has 3 N–H and O–H groups in total. The summed E-state index contributed by atoms with van der Waals surface area (Å²) in [7, 11) is 2.11. The van der Waals surface area contributed by atoms with E-state index < -0.39 is 5.60 Å². The van der Waals surface area contributed by atoms with Crippen LogP contribution in [0, 0.1) is 0 Å². The summed E-state index contributed by atoms with van der Waals surface area (Å²) in [6, 6.07) is 7.94. The number of likely N-dealkylation sites (N-methyl/N-ethyl adjacent to an activating group) is 1. The van der Waals surface area contributed by atoms with Crippen molar-refractivity contribution in [1.82, 2.24) is 29.7 Å². The number of ether oxygens (including phenoxy) is 2. The third kappa shape index (κ3) is 6.31. The lowest BCUT2D eigenvalue weighted by molar-refractivity contribution is -0.123. The van der Waals surface area contributed by atoms with Crippen molar-refractivity contribution < 1.29 is 14.3 Å². The number of carbonyl (C=O) groups excluding carboxylic acids is 1. The van der Waals surface area contributed by atoms with Crippen LogP contribution in [0.4, 0.5) is 5.82 Å². The van der Waals surface area contributed by atoms with Gasteiger partial charge in [0.2, 0.25) is 5.91 Å². The number of hydrogen-bond acceptors (Lipinski definition) is 8. The van der Waals surface area contributed by atoms with Gasteiger partial charge in [-0.1, -0.05) is 18.2 Å². The summed E-state index contributed by atoms with van der Waals surface area (Å²) in [4.78, 5) is 26.2. The molecule has 1 saturated heterocycles. The molecule has 36 heavy (non-hydrogen) atoms. The molecule has 2 aromatic heterocycles. The molecule has 4 rings (SSSR count). The quantitative estimate of drug-likeness (QED) is 0.386. The van der Waals surface area contributed by atoms with Gasteiger partial charge >= 0.3 is 0 Å². The maximum atomic E-state index is 12.4. The minimum Gasteiger partial charge on any atom is -0.382 e. The van der Waals surface area contributed by atoms with Crippen LogP contribution >= 0.6 is 0 Å². The van der Waals surface area contributed by atoms with Gasteiger partial charge in [-0.15, -0.1) is 0 Å². The highest BCUT2D eigenvalue weighted by atomic mass is 16.5. The van der Waals surface area contributed by atoms with Crippen molar-refractivity contribution in [2.45, 2.75) is 39.5 Å². The van der Waals surface area contributed by atoms with Crippen molar-refractivity contribution >= 4 is 33.7 Å². The van der Waals surface area contributed by atoms with Crippen LogP contribution in [0.1, 0.15) is 26.6 Å². The molecule has 10 nitrogen and oxygen atoms in total. The van der Waals surface area contributed by atoms with Crippen molar-refractivity contribution in [3.63, 3.8) is 0 Å². The van der Waals surface area contributed by atoms with E-state index in [-0.39, 0.29) is 5.91 Å². The molecule has 3 aromatic rings. The number of nitrogens with one attached hydrogen (secondary N) is 1. The average molecular weight is 498 g/mol. The lowest BCUT2D eigenvalue weighted by Crippen LogP contribution is -2.48. The number of piperazine rings is 1. The molecule has 3 heterocycles. The highest BCUT2D eigenvalue weighted by molar-refractivity contribution is 6.06. The van der Waals surface area contributed by atoms with E-state index in [1.807, 2.05) is 45.0 Å². The van der Waals surface area contributed by atoms with Gasteiger partial charge in [-0.25, -0.2) is 9.97 Å². The number of nitrogens with two attached hydrogens (primary N) is 1. The molecule has 0 saturated carbocycles. The zero-order chi connectivity index (χ0) is 25.7. The smallest absolute Gasteiger partial charge is 0.234 e. The van der Waals surface area contributed by atoms with Crippen molar-refractivity contribution in [1.29, 1.82) is 0 Å². The van der Waals surface area contributed by atoms with Gasteiger partial charge in [0.05, 0.1) is 36.3 Å². The number of benzene rings is 1. The molecule has 0 bridgehead atoms. The SMILES string of the molecule is CCOCc1nc2c(N)nc3ccccc3c2n1CC(C)(C)OCCNC(=O)CN1CCN(C)CC1. The second-order valence-electron chi connectivity index (χ2n) is 10.0. The Kier molecular flexibility index (Phi) is 8.40. The lowest BCUT2D eigenvalue weighted by Gasteiger charge is -2.31. The van der Waals surface area contributed by atoms with Gasteiger partial charge in [-0.3, -0.25) is 9.69 Å². The first-order valence-electron chi connectivity index (χ1n) is 12.7. The molecule has 196 valence electrons. The summed E-state index contributed by atoms with van der Waals surface area (Å²) in [5, 5.41) is 3.98. The monoisotopic (exact) mass is 497 g/mol. The van der Waals surface area contributed by atoms with E-state index in [2.05, 4.69) is 31.7 Å². The van der Waals surface area contributed by atoms with Crippen LogP contribution in [-0.4, -0.2) is 95.4 Å². The summed E-state index contributed by atoms with van der Waals surface area (Å²) >= 11 is 0. The molecule has 0 radical (unpaired) electrons. The van der Waals surface area contributed by atoms with Crippen LogP contribution in [0.5, 0.6) is 0 Å². The Bertz CT molecular complexity index is 1190. The number of para-hydroxylation sites is 1. The van der Waals surface area contributed by atoms with E-state index in [9.17, 15) is 4.79 Å². The van der Waals surface area contributed by atoms with Crippen molar-refractivity contribution in [3.05, 3.63) is 30.1 Å². The molecule has 1 aliphatic heterocycles. The highest BCUT2D eigenvalue weighted by Gasteiger charge is 2.25. The Hall–Kier alpha value is -2.79. The van der Waals surface area contributed by atoms with E-state index in [0.717, 1.165) is 48.4 Å². The number of pyridine rings is 1. The second-order valence-corrected chi connectivity index (χ2v) is 10.0. The number of imidazole rings is 1. The minimum atomic E-state index is -0.518. The third-order valence-electron chi connectivity index (χ3n) is 6.54. The fourth-order valence-corrected chi connectivity index (χ4v) is 4.59. The first kappa shape index (κ1) is 26.3. The van der Waals surface area contributed by atoms with Crippen LogP contribution in [0.2, 0.25) is 0 Å². The third-order valence-corrected chi connectivity index (χ3v) is 6.54. The first-order valence-corrected chi connectivity index (χ1v) is 12.7. The minimum absolute atomic E-state index is 0.0370. The van der Waals surface area contributed by atoms with Gasteiger partial charge in [0, 0.05) is 44.7 Å². The van der Waals surface area contributed by atoms with Crippen LogP contribution in [0.15, 0.2) is 24.3 Å². The van der Waals surface area contributed by atoms with Gasteiger partial charge in [-0.05, 0) is 33.9 Å². The van der Waals surface area contributed by atoms with Crippen molar-refractivity contribution in [2.24, 2.45) is 0 Å². The summed E-state index contributed by atoms with van der Waals surface area (Å²) in [5.41, 5.74) is 8.21. The van der Waals surface area contributed by atoms with Gasteiger partial charge < -0.3 is 30.0 Å². The van der Waals surface area contributed by atoms with Crippen molar-refractivity contribution in [3.8, 4) is 0 Å². The predicted octanol–water partition coefficient (Wildman–Crippen LogP) is 1.86. The molecule has 1 fully saturated rings. The molecule has 0 spiro atoms. The Balaban J connectivity index is 1.42. The summed E-state index contributed by atoms with van der Waals surface area (Å²) in [6.07, 6.45) is 0. The van der Waals surface area contributed by atoms with E-state index in [1.54, 1.807) is 0 Å². The summed E-state index contributed by atoms with van der Waals surface area (Å²) in [5.74, 6) is 1.23. The van der Waals surface area contributed by atoms with Gasteiger partial charge in [-0.2, -0.15) is 0 Å². The first-order chi connectivity index (χ1) is 17.3. The van der Waals surface area contributed by atoms with E-state index in [0.29, 0.717) is 50.8 Å². The van der Waals surface area contributed by atoms with Gasteiger partial charge in [0.1, 0.15) is 17.9 Å². The molecular weight excluding hydrogens is 458 g/mol. The van der Waals surface area contributed by atoms with Crippen molar-refractivity contribution in [2.75, 3.05) is 65.3 Å². The maximum absolute atomic E-state index is 12.4. The number of hydrogen-bond donors (Lipinski definition) is 2. The van der Waals surface area contributed by atoms with Gasteiger partial charge in [0.25, 0.3) is 0 Å². The fourth-order valence-electron chi connectivity index (χ4n) is 4.59. The molecule has 0 atom stereocenters. The predicted molar refractivity (Wildman–Crippen MR) is 142 cm³/mol. The molecular formula is C26H39N7O3. The molecule has 0 unspecified atom stereocenters. The average Bonchev–Trinajstić information content (AvgIpc) is 3.20. The summed E-state index contributed by atoms with van der Waals surface area (Å²) in [6.45, 7) is 12.7. The molecule has 1 amide bonds. The molecule has 10 heteroatoms. The Morgan fingerprint density at radius 3 is 2.67 bits per heavy atom. The van der Waals surface area contributed by atoms with Crippen LogP contribution < -0.4 is 11.1 Å². The number of nitrogen functional groups attached to an aromatic ring is 1. The van der Waals surface area contributed by atoms with Gasteiger partial charge in [0.15, 0.2) is 5.82 Å². The van der Waals surface area contributed by atoms with Crippen LogP contribution in [0.3, 0.4) is 0 Å². The molecule has 1 aromatic carbocycles. The van der Waals surface area contributed by atoms with E-state index in [4.69, 9.17) is 20.2 Å². The van der Waals surface area contributed by atoms with E-state index in [1.165, 1.54) is 0 Å². The van der Waals surface area contributed by atoms with Crippen LogP contribution in [0.25, 0.3) is 21.9 Å². The normalized spacial score (nSPS) is 15.7. The Morgan fingerprint density at radius 1 is 1.17 bits per heavy atom. The number of anilines is 1. The second kappa shape index (κ2) is 11.5. The number of nitrogens with zero attached hydrogens (tertiary/aromatic N) is 5. The zero-order valence-electron chi connectivity index (χ0n) is 21.9. The molecule has 1 aliphatic rings.